The summed E-state index contributed by atoms with van der Waals surface area (Å²) in [6.45, 7) is 3.52. The van der Waals surface area contributed by atoms with E-state index in [1.54, 1.807) is 6.07 Å². The second-order valence-electron chi connectivity index (χ2n) is 10.5. The Labute approximate surface area is 237 Å². The molecular weight excluding hydrogens is 557 g/mol. The monoisotopic (exact) mass is 585 g/mol. The third-order valence-electron chi connectivity index (χ3n) is 7.70. The fourth-order valence-electron chi connectivity index (χ4n) is 5.55. The number of fused-ring (bicyclic) bond motifs is 2. The fraction of sp³-hybridized carbons (Fsp3) is 0.444. The van der Waals surface area contributed by atoms with Gasteiger partial charge in [-0.05, 0) is 25.0 Å². The number of halogens is 1. The van der Waals surface area contributed by atoms with Crippen LogP contribution >= 0.6 is 11.8 Å². The van der Waals surface area contributed by atoms with Crippen molar-refractivity contribution in [3.05, 3.63) is 51.2 Å². The molecule has 4 aliphatic rings. The minimum atomic E-state index is -1.37. The Hall–Kier alpha value is -3.91. The molecule has 3 aliphatic heterocycles. The highest BCUT2D eigenvalue weighted by molar-refractivity contribution is 8.00. The lowest BCUT2D eigenvalue weighted by Gasteiger charge is -2.49. The summed E-state index contributed by atoms with van der Waals surface area (Å²) in [6.07, 6.45) is 3.14. The molecule has 1 unspecified atom stereocenters. The number of aliphatic carboxylic acids is 1. The van der Waals surface area contributed by atoms with Gasteiger partial charge in [0.25, 0.3) is 5.91 Å². The first-order valence-electron chi connectivity index (χ1n) is 13.3. The zero-order chi connectivity index (χ0) is 29.0. The Kier molecular flexibility index (Phi) is 6.98. The van der Waals surface area contributed by atoms with Crippen LogP contribution in [0.25, 0.3) is 10.9 Å². The third kappa shape index (κ3) is 4.84. The number of nitrogens with zero attached hydrogens (tertiary/aromatic N) is 3. The highest BCUT2D eigenvalue weighted by Crippen LogP contribution is 2.41. The first-order valence-corrected chi connectivity index (χ1v) is 14.4. The molecule has 2 saturated heterocycles. The normalized spacial score (nSPS) is 22.3. The lowest BCUT2D eigenvalue weighted by atomic mass is 10.0. The van der Waals surface area contributed by atoms with Gasteiger partial charge in [-0.25, -0.2) is 14.0 Å². The number of esters is 1. The number of aromatic nitrogens is 1. The summed E-state index contributed by atoms with van der Waals surface area (Å²) >= 11 is 1.24. The van der Waals surface area contributed by atoms with Crippen molar-refractivity contribution in [3.63, 3.8) is 0 Å². The number of hydrogen-bond donors (Lipinski definition) is 3. The Morgan fingerprint density at radius 1 is 1.20 bits per heavy atom. The number of thioether (sulfide) groups is 1. The molecule has 2 aromatic rings. The van der Waals surface area contributed by atoms with Crippen LogP contribution in [0.2, 0.25) is 0 Å². The molecule has 0 radical (unpaired) electrons. The van der Waals surface area contributed by atoms with E-state index in [1.807, 2.05) is 9.47 Å². The van der Waals surface area contributed by atoms with Crippen molar-refractivity contribution in [3.8, 4) is 0 Å². The van der Waals surface area contributed by atoms with E-state index in [9.17, 15) is 29.1 Å². The molecule has 3 fully saturated rings. The predicted octanol–water partition coefficient (Wildman–Crippen LogP) is 0.800. The van der Waals surface area contributed by atoms with E-state index in [2.05, 4.69) is 10.6 Å². The minimum Gasteiger partial charge on any atom is -0.477 e. The van der Waals surface area contributed by atoms with E-state index in [0.29, 0.717) is 24.3 Å². The lowest BCUT2D eigenvalue weighted by molar-refractivity contribution is -0.150. The van der Waals surface area contributed by atoms with Gasteiger partial charge in [-0.2, -0.15) is 0 Å². The molecule has 41 heavy (non-hydrogen) atoms. The summed E-state index contributed by atoms with van der Waals surface area (Å²) in [5, 5.41) is 15.1. The summed E-state index contributed by atoms with van der Waals surface area (Å²) in [7, 11) is 0. The van der Waals surface area contributed by atoms with Crippen LogP contribution in [-0.2, 0) is 19.1 Å². The molecule has 2 atom stereocenters. The van der Waals surface area contributed by atoms with Crippen LogP contribution in [0.15, 0.2) is 34.4 Å². The first kappa shape index (κ1) is 27.3. The van der Waals surface area contributed by atoms with Crippen LogP contribution in [0.5, 0.6) is 0 Å². The number of pyridine rings is 1. The molecule has 14 heteroatoms. The van der Waals surface area contributed by atoms with Gasteiger partial charge in [0.2, 0.25) is 11.3 Å². The molecule has 2 amide bonds. The smallest absolute Gasteiger partial charge is 0.352 e. The van der Waals surface area contributed by atoms with Crippen LogP contribution < -0.4 is 21.0 Å². The quantitative estimate of drug-likeness (QED) is 0.315. The van der Waals surface area contributed by atoms with Crippen molar-refractivity contribution < 1.29 is 33.4 Å². The molecule has 0 bridgehead atoms. The number of carboxylic acid groups (broad SMARTS) is 1. The summed E-state index contributed by atoms with van der Waals surface area (Å²) in [4.78, 5) is 65.6. The van der Waals surface area contributed by atoms with Crippen LogP contribution in [0.1, 0.15) is 36.2 Å². The van der Waals surface area contributed by atoms with Crippen molar-refractivity contribution in [1.82, 2.24) is 20.1 Å². The SMILES string of the molecule is CC(=O)N[C@@H]1C(=O)N2C(C(=O)O)=C(COC(=O)c3cn(C4CC4)c4cc(N5CCNCC5)c(F)cc4c3=O)CSC12. The van der Waals surface area contributed by atoms with Crippen molar-refractivity contribution in [1.29, 1.82) is 0 Å². The molecule has 4 heterocycles. The van der Waals surface area contributed by atoms with E-state index in [4.69, 9.17) is 4.74 Å². The zero-order valence-corrected chi connectivity index (χ0v) is 23.0. The average molecular weight is 586 g/mol. The summed E-state index contributed by atoms with van der Waals surface area (Å²) in [5.74, 6) is -3.71. The Morgan fingerprint density at radius 2 is 1.93 bits per heavy atom. The van der Waals surface area contributed by atoms with Gasteiger partial charge in [-0.3, -0.25) is 19.3 Å². The number of β-lactam (4-membered cyclic amide) rings is 1. The van der Waals surface area contributed by atoms with Gasteiger partial charge in [0.1, 0.15) is 35.1 Å². The van der Waals surface area contributed by atoms with E-state index in [-0.39, 0.29) is 34.0 Å². The summed E-state index contributed by atoms with van der Waals surface area (Å²) < 4.78 is 22.5. The van der Waals surface area contributed by atoms with E-state index < -0.39 is 53.0 Å². The van der Waals surface area contributed by atoms with Gasteiger partial charge >= 0.3 is 11.9 Å². The molecule has 0 spiro atoms. The minimum absolute atomic E-state index is 0.0629. The summed E-state index contributed by atoms with van der Waals surface area (Å²) in [5.41, 5.74) is -0.107. The number of carbonyl (C=O) groups is 4. The molecule has 1 aromatic carbocycles. The average Bonchev–Trinajstić information content (AvgIpc) is 3.80. The number of piperazine rings is 1. The van der Waals surface area contributed by atoms with Crippen molar-refractivity contribution >= 4 is 52.1 Å². The van der Waals surface area contributed by atoms with E-state index in [0.717, 1.165) is 30.8 Å². The van der Waals surface area contributed by atoms with Crippen LogP contribution in [0.4, 0.5) is 10.1 Å². The maximum absolute atomic E-state index is 15.2. The van der Waals surface area contributed by atoms with Crippen LogP contribution in [0.3, 0.4) is 0 Å². The van der Waals surface area contributed by atoms with Gasteiger partial charge < -0.3 is 29.9 Å². The van der Waals surface area contributed by atoms with Gasteiger partial charge in [0.05, 0.1) is 11.2 Å². The molecule has 3 N–H and O–H groups in total. The topological polar surface area (TPSA) is 150 Å². The Morgan fingerprint density at radius 3 is 2.59 bits per heavy atom. The van der Waals surface area contributed by atoms with Gasteiger partial charge in [-0.15, -0.1) is 11.8 Å². The second-order valence-corrected chi connectivity index (χ2v) is 11.6. The third-order valence-corrected chi connectivity index (χ3v) is 9.04. The fourth-order valence-corrected chi connectivity index (χ4v) is 6.88. The molecule has 216 valence electrons. The highest BCUT2D eigenvalue weighted by Gasteiger charge is 2.54. The maximum atomic E-state index is 15.2. The largest absolute Gasteiger partial charge is 0.477 e. The van der Waals surface area contributed by atoms with Gasteiger partial charge in [0, 0.05) is 62.1 Å². The number of carbonyl (C=O) groups excluding carboxylic acids is 3. The highest BCUT2D eigenvalue weighted by atomic mass is 32.2. The zero-order valence-electron chi connectivity index (χ0n) is 22.1. The van der Waals surface area contributed by atoms with Crippen molar-refractivity contribution in [2.45, 2.75) is 37.2 Å². The maximum Gasteiger partial charge on any atom is 0.352 e. The molecule has 1 aromatic heterocycles. The predicted molar refractivity (Wildman–Crippen MR) is 147 cm³/mol. The second kappa shape index (κ2) is 10.5. The van der Waals surface area contributed by atoms with Gasteiger partial charge in [0.15, 0.2) is 0 Å². The Bertz CT molecular complexity index is 1580. The van der Waals surface area contributed by atoms with E-state index >= 15 is 4.39 Å². The van der Waals surface area contributed by atoms with Crippen molar-refractivity contribution in [2.75, 3.05) is 43.4 Å². The molecular formula is C27H28FN5O7S. The number of hydrogen-bond acceptors (Lipinski definition) is 9. The van der Waals surface area contributed by atoms with Crippen LogP contribution in [-0.4, -0.2) is 88.3 Å². The number of anilines is 1. The molecule has 6 rings (SSSR count). The molecule has 1 saturated carbocycles. The number of amides is 2. The van der Waals surface area contributed by atoms with Gasteiger partial charge in [-0.1, -0.05) is 0 Å². The van der Waals surface area contributed by atoms with Crippen LogP contribution in [0, 0.1) is 5.82 Å². The molecule has 1 aliphatic carbocycles. The lowest BCUT2D eigenvalue weighted by Crippen LogP contribution is -2.70. The number of carboxylic acids is 1. The van der Waals surface area contributed by atoms with Crippen molar-refractivity contribution in [2.24, 2.45) is 0 Å². The summed E-state index contributed by atoms with van der Waals surface area (Å²) in [6, 6.07) is 2.08. The molecule has 12 nitrogen and oxygen atoms in total. The standard InChI is InChI=1S/C27H28FN5O7S/c1-13(34)30-21-24(36)33-22(26(37)38)14(12-41-25(21)33)11-40-27(39)17-10-32(15-2-3-15)19-9-20(31-6-4-29-5-7-31)18(28)8-16(19)23(17)35/h8-10,15,21,25,29H,2-7,11-12H2,1H3,(H,30,34)(H,37,38)/t21-,25?/m1/s1. The number of rotatable bonds is 7. The van der Waals surface area contributed by atoms with E-state index in [1.165, 1.54) is 30.9 Å². The number of nitrogens with one attached hydrogen (secondary N) is 2. The first-order chi connectivity index (χ1) is 19.7. The Balaban J connectivity index is 1.28. The number of ether oxygens (including phenoxy) is 1. The number of benzene rings is 1.